The number of guanidine groups is 1. The van der Waals surface area contributed by atoms with E-state index in [0.29, 0.717) is 0 Å². The van der Waals surface area contributed by atoms with Gasteiger partial charge >= 0.3 is 0 Å². The highest BCUT2D eigenvalue weighted by Gasteiger charge is 2.10. The minimum Gasteiger partial charge on any atom is -0.352 e. The van der Waals surface area contributed by atoms with E-state index in [1.165, 1.54) is 5.56 Å². The second kappa shape index (κ2) is 6.30. The van der Waals surface area contributed by atoms with Crippen LogP contribution >= 0.6 is 35.6 Å². The Morgan fingerprint density at radius 3 is 2.62 bits per heavy atom. The number of hydrogen-bond donors (Lipinski definition) is 1. The minimum atomic E-state index is 0. The summed E-state index contributed by atoms with van der Waals surface area (Å²) in [5, 5.41) is 4.07. The zero-order valence-electron chi connectivity index (χ0n) is 9.11. The van der Waals surface area contributed by atoms with Crippen molar-refractivity contribution in [1.82, 2.24) is 10.2 Å². The van der Waals surface area contributed by atoms with Crippen LogP contribution in [0.5, 0.6) is 0 Å². The highest BCUT2D eigenvalue weighted by atomic mass is 127. The SMILES string of the molecule is CN1CCN=C1NCc1ccc(Cl)cc1.I. The quantitative estimate of drug-likeness (QED) is 0.828. The molecule has 88 valence electrons. The zero-order valence-corrected chi connectivity index (χ0v) is 12.2. The molecular formula is C11H15ClIN3. The summed E-state index contributed by atoms with van der Waals surface area (Å²) in [7, 11) is 2.04. The first-order chi connectivity index (χ1) is 7.25. The van der Waals surface area contributed by atoms with E-state index < -0.39 is 0 Å². The van der Waals surface area contributed by atoms with Gasteiger partial charge in [-0.05, 0) is 17.7 Å². The summed E-state index contributed by atoms with van der Waals surface area (Å²) in [4.78, 5) is 6.48. The Hall–Kier alpha value is -0.490. The molecule has 1 aliphatic rings. The molecule has 0 atom stereocenters. The van der Waals surface area contributed by atoms with Gasteiger partial charge in [0.15, 0.2) is 5.96 Å². The molecule has 1 aromatic carbocycles. The van der Waals surface area contributed by atoms with Gasteiger partial charge in [0.1, 0.15) is 0 Å². The lowest BCUT2D eigenvalue weighted by Crippen LogP contribution is -2.35. The number of rotatable bonds is 2. The molecule has 0 saturated carbocycles. The molecule has 0 saturated heterocycles. The first-order valence-electron chi connectivity index (χ1n) is 4.99. The van der Waals surface area contributed by atoms with Gasteiger partial charge in [0.2, 0.25) is 0 Å². The van der Waals surface area contributed by atoms with E-state index in [1.54, 1.807) is 0 Å². The summed E-state index contributed by atoms with van der Waals surface area (Å²) in [6, 6.07) is 7.84. The van der Waals surface area contributed by atoms with E-state index in [1.807, 2.05) is 31.3 Å². The maximum atomic E-state index is 5.81. The van der Waals surface area contributed by atoms with E-state index in [-0.39, 0.29) is 24.0 Å². The number of likely N-dealkylation sites (N-methyl/N-ethyl adjacent to an activating group) is 1. The molecule has 0 unspecified atom stereocenters. The lowest BCUT2D eigenvalue weighted by molar-refractivity contribution is 0.534. The molecule has 3 nitrogen and oxygen atoms in total. The van der Waals surface area contributed by atoms with Crippen LogP contribution in [0.25, 0.3) is 0 Å². The van der Waals surface area contributed by atoms with E-state index >= 15 is 0 Å². The lowest BCUT2D eigenvalue weighted by atomic mass is 10.2. The average Bonchev–Trinajstić information content (AvgIpc) is 2.63. The van der Waals surface area contributed by atoms with Crippen LogP contribution in [0.4, 0.5) is 0 Å². The second-order valence-corrected chi connectivity index (χ2v) is 4.04. The molecule has 2 rings (SSSR count). The largest absolute Gasteiger partial charge is 0.352 e. The third-order valence-electron chi connectivity index (χ3n) is 2.42. The van der Waals surface area contributed by atoms with Crippen molar-refractivity contribution in [2.45, 2.75) is 6.54 Å². The smallest absolute Gasteiger partial charge is 0.194 e. The predicted octanol–water partition coefficient (Wildman–Crippen LogP) is 2.35. The summed E-state index contributed by atoms with van der Waals surface area (Å²) in [5.41, 5.74) is 1.21. The summed E-state index contributed by atoms with van der Waals surface area (Å²) in [6.07, 6.45) is 0. The third-order valence-corrected chi connectivity index (χ3v) is 2.67. The lowest BCUT2D eigenvalue weighted by Gasteiger charge is -2.15. The Labute approximate surface area is 118 Å². The van der Waals surface area contributed by atoms with Crippen molar-refractivity contribution in [1.29, 1.82) is 0 Å². The molecule has 0 aliphatic carbocycles. The van der Waals surface area contributed by atoms with Gasteiger partial charge in [-0.1, -0.05) is 23.7 Å². The Kier molecular flexibility index (Phi) is 5.34. The van der Waals surface area contributed by atoms with Crippen molar-refractivity contribution in [3.63, 3.8) is 0 Å². The Morgan fingerprint density at radius 1 is 1.38 bits per heavy atom. The van der Waals surface area contributed by atoms with Crippen molar-refractivity contribution < 1.29 is 0 Å². The fourth-order valence-electron chi connectivity index (χ4n) is 1.51. The molecule has 1 N–H and O–H groups in total. The van der Waals surface area contributed by atoms with Gasteiger partial charge in [-0.3, -0.25) is 4.99 Å². The molecule has 16 heavy (non-hydrogen) atoms. The van der Waals surface area contributed by atoms with Crippen LogP contribution in [0.2, 0.25) is 5.02 Å². The molecular weight excluding hydrogens is 336 g/mol. The monoisotopic (exact) mass is 351 g/mol. The molecule has 0 bridgehead atoms. The summed E-state index contributed by atoms with van der Waals surface area (Å²) in [6.45, 7) is 2.68. The summed E-state index contributed by atoms with van der Waals surface area (Å²) < 4.78 is 0. The molecule has 1 aromatic rings. The van der Waals surface area contributed by atoms with E-state index in [2.05, 4.69) is 15.2 Å². The standard InChI is InChI=1S/C11H14ClN3.HI/c1-15-7-6-13-11(15)14-8-9-2-4-10(12)5-3-9;/h2-5H,6-8H2,1H3,(H,13,14);1H. The summed E-state index contributed by atoms with van der Waals surface area (Å²) in [5.74, 6) is 0.977. The van der Waals surface area contributed by atoms with E-state index in [4.69, 9.17) is 11.6 Å². The molecule has 0 fully saturated rings. The highest BCUT2D eigenvalue weighted by Crippen LogP contribution is 2.09. The van der Waals surface area contributed by atoms with Crippen LogP contribution in [0.3, 0.4) is 0 Å². The molecule has 0 spiro atoms. The van der Waals surface area contributed by atoms with E-state index in [0.717, 1.165) is 30.6 Å². The Bertz CT molecular complexity index is 364. The van der Waals surface area contributed by atoms with E-state index in [9.17, 15) is 0 Å². The number of nitrogens with one attached hydrogen (secondary N) is 1. The van der Waals surface area contributed by atoms with Crippen LogP contribution in [-0.4, -0.2) is 31.0 Å². The van der Waals surface area contributed by atoms with Gasteiger partial charge in [0.25, 0.3) is 0 Å². The number of hydrogen-bond acceptors (Lipinski definition) is 3. The second-order valence-electron chi connectivity index (χ2n) is 3.61. The summed E-state index contributed by atoms with van der Waals surface area (Å²) >= 11 is 5.81. The molecule has 0 radical (unpaired) electrons. The number of halogens is 2. The number of nitrogens with zero attached hydrogens (tertiary/aromatic N) is 2. The minimum absolute atomic E-state index is 0. The van der Waals surface area contributed by atoms with Crippen molar-refractivity contribution in [3.05, 3.63) is 34.9 Å². The molecule has 0 amide bonds. The topological polar surface area (TPSA) is 27.6 Å². The average molecular weight is 352 g/mol. The van der Waals surface area contributed by atoms with Crippen LogP contribution < -0.4 is 5.32 Å². The van der Waals surface area contributed by atoms with Gasteiger partial charge in [-0.15, -0.1) is 24.0 Å². The normalized spacial score (nSPS) is 14.4. The maximum absolute atomic E-state index is 5.81. The maximum Gasteiger partial charge on any atom is 0.194 e. The van der Waals surface area contributed by atoms with Crippen LogP contribution in [0, 0.1) is 0 Å². The fourth-order valence-corrected chi connectivity index (χ4v) is 1.63. The Balaban J connectivity index is 0.00000128. The number of benzene rings is 1. The molecule has 1 aliphatic heterocycles. The molecule has 5 heteroatoms. The van der Waals surface area contributed by atoms with Crippen molar-refractivity contribution in [2.24, 2.45) is 4.99 Å². The van der Waals surface area contributed by atoms with Crippen LogP contribution in [-0.2, 0) is 6.54 Å². The predicted molar refractivity (Wildman–Crippen MR) is 78.6 cm³/mol. The zero-order chi connectivity index (χ0) is 10.7. The first-order valence-corrected chi connectivity index (χ1v) is 5.37. The van der Waals surface area contributed by atoms with Gasteiger partial charge < -0.3 is 10.2 Å². The van der Waals surface area contributed by atoms with Gasteiger partial charge in [0.05, 0.1) is 6.54 Å². The van der Waals surface area contributed by atoms with Gasteiger partial charge in [-0.2, -0.15) is 0 Å². The van der Waals surface area contributed by atoms with Crippen molar-refractivity contribution >= 4 is 41.5 Å². The van der Waals surface area contributed by atoms with Crippen LogP contribution in [0.15, 0.2) is 29.3 Å². The Morgan fingerprint density at radius 2 is 2.06 bits per heavy atom. The first kappa shape index (κ1) is 13.6. The van der Waals surface area contributed by atoms with Crippen LogP contribution in [0.1, 0.15) is 5.56 Å². The fraction of sp³-hybridized carbons (Fsp3) is 0.364. The van der Waals surface area contributed by atoms with Crippen molar-refractivity contribution in [2.75, 3.05) is 20.1 Å². The number of aliphatic imine (C=N–C) groups is 1. The van der Waals surface area contributed by atoms with Crippen molar-refractivity contribution in [3.8, 4) is 0 Å². The van der Waals surface area contributed by atoms with Gasteiger partial charge in [0, 0.05) is 25.2 Å². The third kappa shape index (κ3) is 3.52. The molecule has 1 heterocycles. The van der Waals surface area contributed by atoms with Gasteiger partial charge in [-0.25, -0.2) is 0 Å². The highest BCUT2D eigenvalue weighted by molar-refractivity contribution is 14.0. The molecule has 0 aromatic heterocycles.